The van der Waals surface area contributed by atoms with Crippen molar-refractivity contribution >= 4 is 23.2 Å². The number of fused-ring (bicyclic) bond motifs is 1. The highest BCUT2D eigenvalue weighted by atomic mass is 16.3. The number of carbonyl (C=O) groups is 1. The standard InChI is InChI=1S/C19H21N5O3/c1-19(2,27)13-5-3-12(4-6-13)18(26)22-15-9-17(23-10-14(25)11-23)24-16(21-15)7-8-20-24/h3-9,14,25,27H,10-11H2,1-2H3,(H,21,22,26). The predicted molar refractivity (Wildman–Crippen MR) is 101 cm³/mol. The van der Waals surface area contributed by atoms with Crippen LogP contribution in [0, 0.1) is 0 Å². The van der Waals surface area contributed by atoms with Crippen LogP contribution < -0.4 is 10.2 Å². The van der Waals surface area contributed by atoms with Crippen molar-refractivity contribution < 1.29 is 15.0 Å². The van der Waals surface area contributed by atoms with Crippen LogP contribution in [0.1, 0.15) is 29.8 Å². The fourth-order valence-corrected chi connectivity index (χ4v) is 3.05. The number of nitrogens with one attached hydrogen (secondary N) is 1. The zero-order valence-electron chi connectivity index (χ0n) is 15.1. The van der Waals surface area contributed by atoms with Crippen molar-refractivity contribution in [1.82, 2.24) is 14.6 Å². The summed E-state index contributed by atoms with van der Waals surface area (Å²) in [5.74, 6) is 0.891. The molecule has 1 saturated heterocycles. The molecule has 0 saturated carbocycles. The Balaban J connectivity index is 1.58. The third kappa shape index (κ3) is 3.36. The Kier molecular flexibility index (Phi) is 4.09. The molecule has 0 bridgehead atoms. The molecule has 3 heterocycles. The van der Waals surface area contributed by atoms with Gasteiger partial charge in [0.15, 0.2) is 5.65 Å². The second-order valence-electron chi connectivity index (χ2n) is 7.25. The Morgan fingerprint density at radius 2 is 1.93 bits per heavy atom. The lowest BCUT2D eigenvalue weighted by atomic mass is 9.97. The van der Waals surface area contributed by atoms with Gasteiger partial charge in [-0.1, -0.05) is 12.1 Å². The largest absolute Gasteiger partial charge is 0.389 e. The molecule has 8 nitrogen and oxygen atoms in total. The predicted octanol–water partition coefficient (Wildman–Crippen LogP) is 1.39. The number of benzene rings is 1. The van der Waals surface area contributed by atoms with E-state index in [1.54, 1.807) is 61.0 Å². The van der Waals surface area contributed by atoms with E-state index in [0.29, 0.717) is 30.1 Å². The van der Waals surface area contributed by atoms with E-state index >= 15 is 0 Å². The molecule has 0 spiro atoms. The molecule has 1 fully saturated rings. The number of aliphatic hydroxyl groups is 2. The fraction of sp³-hybridized carbons (Fsp3) is 0.316. The Labute approximate surface area is 156 Å². The number of hydrogen-bond acceptors (Lipinski definition) is 6. The maximum absolute atomic E-state index is 12.6. The van der Waals surface area contributed by atoms with Crippen LogP contribution in [0.5, 0.6) is 0 Å². The van der Waals surface area contributed by atoms with Crippen LogP contribution in [0.25, 0.3) is 5.65 Å². The lowest BCUT2D eigenvalue weighted by molar-refractivity contribution is 0.0785. The lowest BCUT2D eigenvalue weighted by Crippen LogP contribution is -2.51. The zero-order chi connectivity index (χ0) is 19.2. The Morgan fingerprint density at radius 1 is 1.22 bits per heavy atom. The van der Waals surface area contributed by atoms with E-state index in [4.69, 9.17) is 0 Å². The topological polar surface area (TPSA) is 103 Å². The quantitative estimate of drug-likeness (QED) is 0.644. The van der Waals surface area contributed by atoms with Gasteiger partial charge in [0.05, 0.1) is 17.9 Å². The maximum Gasteiger partial charge on any atom is 0.256 e. The number of anilines is 2. The molecule has 1 amide bonds. The Bertz CT molecular complexity index is 985. The molecular formula is C19H21N5O3. The molecule has 3 aromatic rings. The summed E-state index contributed by atoms with van der Waals surface area (Å²) in [5, 5.41) is 26.7. The van der Waals surface area contributed by atoms with Crippen LogP contribution in [0.15, 0.2) is 42.6 Å². The molecular weight excluding hydrogens is 346 g/mol. The summed E-state index contributed by atoms with van der Waals surface area (Å²) < 4.78 is 1.68. The minimum absolute atomic E-state index is 0.289. The second-order valence-corrected chi connectivity index (χ2v) is 7.25. The average Bonchev–Trinajstić information content (AvgIpc) is 3.06. The summed E-state index contributed by atoms with van der Waals surface area (Å²) in [5.41, 5.74) is 0.859. The SMILES string of the molecule is CC(C)(O)c1ccc(C(=O)Nc2cc(N3CC(O)C3)n3nccc3n2)cc1. The monoisotopic (exact) mass is 367 g/mol. The van der Waals surface area contributed by atoms with Crippen LogP contribution in [0.4, 0.5) is 11.6 Å². The highest BCUT2D eigenvalue weighted by Gasteiger charge is 2.27. The van der Waals surface area contributed by atoms with Gasteiger partial charge >= 0.3 is 0 Å². The number of aliphatic hydroxyl groups excluding tert-OH is 1. The number of β-amino-alcohol motifs (C(OH)–C–C–N with tert-alkyl or cyclic N) is 1. The molecule has 1 aromatic carbocycles. The van der Waals surface area contributed by atoms with Crippen molar-refractivity contribution in [3.8, 4) is 0 Å². The molecule has 1 aliphatic heterocycles. The highest BCUT2D eigenvalue weighted by Crippen LogP contribution is 2.25. The highest BCUT2D eigenvalue weighted by molar-refractivity contribution is 6.04. The molecule has 0 unspecified atom stereocenters. The van der Waals surface area contributed by atoms with Gasteiger partial charge in [0.2, 0.25) is 0 Å². The smallest absolute Gasteiger partial charge is 0.256 e. The zero-order valence-corrected chi connectivity index (χ0v) is 15.1. The Morgan fingerprint density at radius 3 is 2.56 bits per heavy atom. The van der Waals surface area contributed by atoms with E-state index in [9.17, 15) is 15.0 Å². The average molecular weight is 367 g/mol. The molecule has 1 aliphatic rings. The maximum atomic E-state index is 12.6. The van der Waals surface area contributed by atoms with Crippen molar-refractivity contribution in [3.63, 3.8) is 0 Å². The first-order chi connectivity index (χ1) is 12.8. The summed E-state index contributed by atoms with van der Waals surface area (Å²) in [7, 11) is 0. The van der Waals surface area contributed by atoms with E-state index in [0.717, 1.165) is 11.4 Å². The van der Waals surface area contributed by atoms with E-state index in [1.807, 2.05) is 4.90 Å². The van der Waals surface area contributed by atoms with Gasteiger partial charge in [-0.15, -0.1) is 0 Å². The van der Waals surface area contributed by atoms with Crippen LogP contribution >= 0.6 is 0 Å². The number of hydrogen-bond donors (Lipinski definition) is 3. The molecule has 27 heavy (non-hydrogen) atoms. The molecule has 2 aromatic heterocycles. The van der Waals surface area contributed by atoms with Crippen molar-refractivity contribution in [2.24, 2.45) is 0 Å². The summed E-state index contributed by atoms with van der Waals surface area (Å²) in [6.07, 6.45) is 1.29. The number of amides is 1. The number of nitrogens with zero attached hydrogens (tertiary/aromatic N) is 4. The van der Waals surface area contributed by atoms with Gasteiger partial charge in [0.25, 0.3) is 5.91 Å². The third-order valence-corrected chi connectivity index (χ3v) is 4.62. The molecule has 140 valence electrons. The van der Waals surface area contributed by atoms with Crippen molar-refractivity contribution in [2.75, 3.05) is 23.3 Å². The van der Waals surface area contributed by atoms with Gasteiger partial charge in [0.1, 0.15) is 11.6 Å². The first-order valence-electron chi connectivity index (χ1n) is 8.73. The van der Waals surface area contributed by atoms with E-state index < -0.39 is 5.60 Å². The van der Waals surface area contributed by atoms with Gasteiger partial charge in [0, 0.05) is 30.8 Å². The Hall–Kier alpha value is -2.97. The van der Waals surface area contributed by atoms with Crippen molar-refractivity contribution in [2.45, 2.75) is 25.6 Å². The fourth-order valence-electron chi connectivity index (χ4n) is 3.05. The minimum atomic E-state index is -0.958. The second kappa shape index (κ2) is 6.33. The summed E-state index contributed by atoms with van der Waals surface area (Å²) in [6.45, 7) is 4.43. The van der Waals surface area contributed by atoms with Crippen LogP contribution in [-0.4, -0.2) is 49.9 Å². The minimum Gasteiger partial charge on any atom is -0.389 e. The molecule has 0 radical (unpaired) electrons. The third-order valence-electron chi connectivity index (χ3n) is 4.62. The molecule has 3 N–H and O–H groups in total. The van der Waals surface area contributed by atoms with Crippen LogP contribution in [0.3, 0.4) is 0 Å². The van der Waals surface area contributed by atoms with Gasteiger partial charge in [-0.2, -0.15) is 9.61 Å². The number of aromatic nitrogens is 3. The van der Waals surface area contributed by atoms with E-state index in [2.05, 4.69) is 15.4 Å². The van der Waals surface area contributed by atoms with Gasteiger partial charge < -0.3 is 20.4 Å². The molecule has 0 aliphatic carbocycles. The number of rotatable bonds is 4. The summed E-state index contributed by atoms with van der Waals surface area (Å²) in [6, 6.07) is 10.3. The van der Waals surface area contributed by atoms with Crippen LogP contribution in [0.2, 0.25) is 0 Å². The van der Waals surface area contributed by atoms with Gasteiger partial charge in [-0.3, -0.25) is 4.79 Å². The molecule has 0 atom stereocenters. The van der Waals surface area contributed by atoms with Crippen molar-refractivity contribution in [3.05, 3.63) is 53.7 Å². The first-order valence-corrected chi connectivity index (χ1v) is 8.73. The number of carbonyl (C=O) groups excluding carboxylic acids is 1. The van der Waals surface area contributed by atoms with Crippen molar-refractivity contribution in [1.29, 1.82) is 0 Å². The molecule has 8 heteroatoms. The first kappa shape index (κ1) is 17.4. The normalized spacial score (nSPS) is 15.0. The van der Waals surface area contributed by atoms with E-state index in [1.165, 1.54) is 0 Å². The van der Waals surface area contributed by atoms with Crippen LogP contribution in [-0.2, 0) is 5.60 Å². The molecule has 4 rings (SSSR count). The lowest BCUT2D eigenvalue weighted by Gasteiger charge is -2.37. The summed E-state index contributed by atoms with van der Waals surface area (Å²) >= 11 is 0. The summed E-state index contributed by atoms with van der Waals surface area (Å²) in [4.78, 5) is 19.0. The van der Waals surface area contributed by atoms with Gasteiger partial charge in [-0.05, 0) is 31.5 Å². The van der Waals surface area contributed by atoms with E-state index in [-0.39, 0.29) is 12.0 Å². The van der Waals surface area contributed by atoms with Gasteiger partial charge in [-0.25, -0.2) is 4.98 Å².